The van der Waals surface area contributed by atoms with E-state index >= 15 is 0 Å². The first-order valence-corrected chi connectivity index (χ1v) is 21.3. The number of fused-ring (bicyclic) bond motifs is 3. The molecule has 0 aliphatic carbocycles. The van der Waals surface area contributed by atoms with E-state index in [1.807, 2.05) is 0 Å². The fourth-order valence-electron chi connectivity index (χ4n) is 8.94. The van der Waals surface area contributed by atoms with E-state index in [0.717, 1.165) is 28.3 Å². The Labute approximate surface area is 362 Å². The Kier molecular flexibility index (Phi) is 9.57. The largest absolute Gasteiger partial charge is 0.311 e. The molecule has 0 saturated heterocycles. The summed E-state index contributed by atoms with van der Waals surface area (Å²) in [5, 5.41) is 2.47. The quantitative estimate of drug-likeness (QED) is 0.141. The molecule has 0 radical (unpaired) electrons. The van der Waals surface area contributed by atoms with Crippen LogP contribution in [-0.2, 0) is 0 Å². The maximum absolute atomic E-state index is 2.44. The van der Waals surface area contributed by atoms with Crippen molar-refractivity contribution in [2.45, 2.75) is 0 Å². The summed E-state index contributed by atoms with van der Waals surface area (Å²) in [6.45, 7) is 0. The number of hydrogen-bond donors (Lipinski definition) is 0. The second-order valence-corrected chi connectivity index (χ2v) is 15.8. The van der Waals surface area contributed by atoms with E-state index in [1.165, 1.54) is 71.9 Å². The van der Waals surface area contributed by atoms with Gasteiger partial charge in [0.1, 0.15) is 0 Å². The molecule has 0 bridgehead atoms. The average molecular weight is 791 g/mol. The van der Waals surface area contributed by atoms with Crippen molar-refractivity contribution in [3.63, 3.8) is 0 Å². The van der Waals surface area contributed by atoms with Gasteiger partial charge in [-0.05, 0) is 117 Å². The summed E-state index contributed by atoms with van der Waals surface area (Å²) in [6.07, 6.45) is 0. The van der Waals surface area contributed by atoms with Crippen LogP contribution < -0.4 is 4.90 Å². The average Bonchev–Trinajstić information content (AvgIpc) is 3.69. The molecule has 1 heterocycles. The number of rotatable bonds is 9. The predicted molar refractivity (Wildman–Crippen MR) is 263 cm³/mol. The lowest BCUT2D eigenvalue weighted by Crippen LogP contribution is -2.09. The molecule has 0 saturated carbocycles. The lowest BCUT2D eigenvalue weighted by Gasteiger charge is -2.26. The summed E-state index contributed by atoms with van der Waals surface area (Å²) in [6, 6.07) is 92.0. The smallest absolute Gasteiger partial charge is 0.0541 e. The van der Waals surface area contributed by atoms with Crippen LogP contribution in [0.15, 0.2) is 255 Å². The molecule has 0 fully saturated rings. The van der Waals surface area contributed by atoms with Crippen molar-refractivity contribution in [3.05, 3.63) is 255 Å². The second-order valence-electron chi connectivity index (χ2n) is 15.8. The highest BCUT2D eigenvalue weighted by atomic mass is 15.1. The molecule has 62 heavy (non-hydrogen) atoms. The Morgan fingerprint density at radius 1 is 0.242 bits per heavy atom. The van der Waals surface area contributed by atoms with E-state index in [1.54, 1.807) is 0 Å². The summed E-state index contributed by atoms with van der Waals surface area (Å²) in [5.41, 5.74) is 18.8. The van der Waals surface area contributed by atoms with E-state index < -0.39 is 0 Å². The summed E-state index contributed by atoms with van der Waals surface area (Å²) in [7, 11) is 0. The Bertz CT molecular complexity index is 3210. The molecular formula is C60H42N2. The first-order valence-electron chi connectivity index (χ1n) is 21.3. The first kappa shape index (κ1) is 36.8. The molecule has 1 aromatic heterocycles. The summed E-state index contributed by atoms with van der Waals surface area (Å²) < 4.78 is 2.44. The number of hydrogen-bond acceptors (Lipinski definition) is 1. The normalized spacial score (nSPS) is 11.2. The SMILES string of the molecule is c1ccc(-c2ccc(N(c3ccc(-c4ccccc4)cc3)c3ccc(-c4ccccc4-n4c5ccccc5c5cc(-c6cccc(-c7ccccc7)c6)ccc54)cc3)cc2)cc1. The second kappa shape index (κ2) is 16.1. The molecule has 292 valence electrons. The number of para-hydroxylation sites is 2. The van der Waals surface area contributed by atoms with Crippen LogP contribution in [0.5, 0.6) is 0 Å². The lowest BCUT2D eigenvalue weighted by atomic mass is 9.98. The van der Waals surface area contributed by atoms with Gasteiger partial charge in [-0.2, -0.15) is 0 Å². The van der Waals surface area contributed by atoms with Crippen molar-refractivity contribution in [1.29, 1.82) is 0 Å². The van der Waals surface area contributed by atoms with Crippen molar-refractivity contribution < 1.29 is 0 Å². The van der Waals surface area contributed by atoms with Crippen LogP contribution in [0.25, 0.3) is 83.1 Å². The molecule has 10 aromatic carbocycles. The van der Waals surface area contributed by atoms with Gasteiger partial charge in [-0.1, -0.05) is 188 Å². The minimum atomic E-state index is 1.09. The predicted octanol–water partition coefficient (Wildman–Crippen LogP) is 16.6. The number of nitrogens with zero attached hydrogens (tertiary/aromatic N) is 2. The van der Waals surface area contributed by atoms with Gasteiger partial charge in [-0.15, -0.1) is 0 Å². The van der Waals surface area contributed by atoms with Crippen LogP contribution in [0.1, 0.15) is 0 Å². The molecule has 11 aromatic rings. The van der Waals surface area contributed by atoms with E-state index in [2.05, 4.69) is 264 Å². The van der Waals surface area contributed by atoms with Gasteiger partial charge in [0.15, 0.2) is 0 Å². The van der Waals surface area contributed by atoms with Crippen LogP contribution in [0.3, 0.4) is 0 Å². The number of aromatic nitrogens is 1. The molecule has 0 amide bonds. The molecule has 0 atom stereocenters. The van der Waals surface area contributed by atoms with Gasteiger partial charge in [-0.3, -0.25) is 0 Å². The molecule has 0 unspecified atom stereocenters. The highest BCUT2D eigenvalue weighted by Gasteiger charge is 2.18. The zero-order chi connectivity index (χ0) is 41.2. The van der Waals surface area contributed by atoms with Crippen LogP contribution in [0, 0.1) is 0 Å². The van der Waals surface area contributed by atoms with Crippen molar-refractivity contribution in [2.75, 3.05) is 4.90 Å². The van der Waals surface area contributed by atoms with Crippen LogP contribution in [0.2, 0.25) is 0 Å². The molecule has 0 aliphatic heterocycles. The van der Waals surface area contributed by atoms with Gasteiger partial charge < -0.3 is 9.47 Å². The molecular weight excluding hydrogens is 749 g/mol. The van der Waals surface area contributed by atoms with E-state index in [9.17, 15) is 0 Å². The molecule has 2 heteroatoms. The summed E-state index contributed by atoms with van der Waals surface area (Å²) in [5.74, 6) is 0. The topological polar surface area (TPSA) is 8.17 Å². The number of anilines is 3. The Morgan fingerprint density at radius 2 is 0.629 bits per heavy atom. The van der Waals surface area contributed by atoms with E-state index in [0.29, 0.717) is 0 Å². The van der Waals surface area contributed by atoms with Gasteiger partial charge in [0, 0.05) is 33.4 Å². The third kappa shape index (κ3) is 6.94. The Hall–Kier alpha value is -8.20. The zero-order valence-corrected chi connectivity index (χ0v) is 34.1. The molecule has 0 spiro atoms. The van der Waals surface area contributed by atoms with E-state index in [-0.39, 0.29) is 0 Å². The molecule has 0 aliphatic rings. The van der Waals surface area contributed by atoms with E-state index in [4.69, 9.17) is 0 Å². The van der Waals surface area contributed by atoms with Gasteiger partial charge in [0.25, 0.3) is 0 Å². The molecule has 11 rings (SSSR count). The molecule has 0 N–H and O–H groups in total. The standard InChI is InChI=1S/C60H42N2/c1-4-15-43(16-5-1)46-27-34-52(35-28-46)61(53-36-29-47(30-37-53)44-17-6-2-7-18-44)54-38-31-48(32-39-54)55-23-10-12-25-58(55)62-59-26-13-11-24-56(59)57-42-51(33-40-60(57)62)50-22-14-21-49(41-50)45-19-8-3-9-20-45/h1-42H. The van der Waals surface area contributed by atoms with Gasteiger partial charge in [0.05, 0.1) is 16.7 Å². The Morgan fingerprint density at radius 3 is 1.21 bits per heavy atom. The van der Waals surface area contributed by atoms with Crippen LogP contribution >= 0.6 is 0 Å². The fraction of sp³-hybridized carbons (Fsp3) is 0. The van der Waals surface area contributed by atoms with Crippen molar-refractivity contribution in [1.82, 2.24) is 4.57 Å². The van der Waals surface area contributed by atoms with Crippen molar-refractivity contribution >= 4 is 38.9 Å². The van der Waals surface area contributed by atoms with Gasteiger partial charge in [0.2, 0.25) is 0 Å². The van der Waals surface area contributed by atoms with Crippen molar-refractivity contribution in [2.24, 2.45) is 0 Å². The maximum atomic E-state index is 2.44. The first-order chi connectivity index (χ1) is 30.7. The summed E-state index contributed by atoms with van der Waals surface area (Å²) >= 11 is 0. The third-order valence-electron chi connectivity index (χ3n) is 12.0. The third-order valence-corrected chi connectivity index (χ3v) is 12.0. The van der Waals surface area contributed by atoms with Crippen molar-refractivity contribution in [3.8, 4) is 61.3 Å². The maximum Gasteiger partial charge on any atom is 0.0541 e. The minimum Gasteiger partial charge on any atom is -0.311 e. The fourth-order valence-corrected chi connectivity index (χ4v) is 8.94. The summed E-state index contributed by atoms with van der Waals surface area (Å²) in [4.78, 5) is 2.35. The number of benzene rings is 10. The lowest BCUT2D eigenvalue weighted by molar-refractivity contribution is 1.18. The van der Waals surface area contributed by atoms with Crippen LogP contribution in [0.4, 0.5) is 17.1 Å². The zero-order valence-electron chi connectivity index (χ0n) is 34.1. The Balaban J connectivity index is 0.978. The highest BCUT2D eigenvalue weighted by molar-refractivity contribution is 6.11. The minimum absolute atomic E-state index is 1.09. The highest BCUT2D eigenvalue weighted by Crippen LogP contribution is 2.41. The van der Waals surface area contributed by atoms with Gasteiger partial charge in [-0.25, -0.2) is 0 Å². The monoisotopic (exact) mass is 790 g/mol. The van der Waals surface area contributed by atoms with Crippen LogP contribution in [-0.4, -0.2) is 4.57 Å². The molecule has 2 nitrogen and oxygen atoms in total. The van der Waals surface area contributed by atoms with Gasteiger partial charge >= 0.3 is 0 Å².